The zero-order valence-corrected chi connectivity index (χ0v) is 18.1. The minimum absolute atomic E-state index is 0. The highest BCUT2D eigenvalue weighted by atomic mass is 35.5. The molecule has 150 valence electrons. The Hall–Kier alpha value is -1.81. The van der Waals surface area contributed by atoms with Gasteiger partial charge in [-0.05, 0) is 51.1 Å². The zero-order chi connectivity index (χ0) is 17.9. The summed E-state index contributed by atoms with van der Waals surface area (Å²) in [7, 11) is 2.26. The van der Waals surface area contributed by atoms with Gasteiger partial charge in [0.15, 0.2) is 0 Å². The number of halogens is 2. The van der Waals surface area contributed by atoms with Crippen LogP contribution >= 0.6 is 24.8 Å². The Kier molecular flexibility index (Phi) is 8.11. The summed E-state index contributed by atoms with van der Waals surface area (Å²) in [6.07, 6.45) is 3.83. The first-order valence-electron chi connectivity index (χ1n) is 9.60. The van der Waals surface area contributed by atoms with E-state index < -0.39 is 0 Å². The Bertz CT molecular complexity index is 885. The quantitative estimate of drug-likeness (QED) is 0.561. The van der Waals surface area contributed by atoms with Crippen LogP contribution in [0.1, 0.15) is 36.6 Å². The average Bonchev–Trinajstić information content (AvgIpc) is 2.67. The second-order valence-corrected chi connectivity index (χ2v) is 7.40. The molecule has 2 aromatic carbocycles. The number of hydrogen-bond acceptors (Lipinski definition) is 3. The number of nitrogens with zero attached hydrogens (tertiary/aromatic N) is 2. The average molecular weight is 418 g/mol. The van der Waals surface area contributed by atoms with Gasteiger partial charge in [-0.25, -0.2) is 0 Å². The minimum atomic E-state index is 0. The lowest BCUT2D eigenvalue weighted by molar-refractivity contribution is 0.166. The van der Waals surface area contributed by atoms with Crippen LogP contribution in [-0.4, -0.2) is 29.5 Å². The van der Waals surface area contributed by atoms with Gasteiger partial charge in [-0.15, -0.1) is 24.8 Å². The van der Waals surface area contributed by atoms with Crippen LogP contribution < -0.4 is 5.32 Å². The van der Waals surface area contributed by atoms with Crippen LogP contribution in [0.25, 0.3) is 10.9 Å². The molecule has 0 radical (unpaired) electrons. The number of aromatic nitrogens is 1. The summed E-state index contributed by atoms with van der Waals surface area (Å²) >= 11 is 0. The molecule has 1 aliphatic rings. The van der Waals surface area contributed by atoms with Crippen molar-refractivity contribution in [3.8, 4) is 0 Å². The van der Waals surface area contributed by atoms with Gasteiger partial charge in [-0.3, -0.25) is 4.98 Å². The van der Waals surface area contributed by atoms with E-state index in [-0.39, 0.29) is 30.9 Å². The van der Waals surface area contributed by atoms with Crippen molar-refractivity contribution in [3.63, 3.8) is 0 Å². The van der Waals surface area contributed by atoms with Gasteiger partial charge in [0.25, 0.3) is 0 Å². The molecule has 0 amide bonds. The third kappa shape index (κ3) is 4.78. The molecular weight excluding hydrogens is 389 g/mol. The maximum absolute atomic E-state index is 4.69. The number of anilines is 1. The molecule has 3 nitrogen and oxygen atoms in total. The van der Waals surface area contributed by atoms with Gasteiger partial charge in [0.1, 0.15) is 0 Å². The predicted molar refractivity (Wildman–Crippen MR) is 124 cm³/mol. The largest absolute Gasteiger partial charge is 0.376 e. The Morgan fingerprint density at radius 2 is 1.71 bits per heavy atom. The lowest BCUT2D eigenvalue weighted by atomic mass is 9.91. The Morgan fingerprint density at radius 1 is 1.00 bits per heavy atom. The predicted octanol–water partition coefficient (Wildman–Crippen LogP) is 6.02. The van der Waals surface area contributed by atoms with Crippen molar-refractivity contribution in [1.82, 2.24) is 9.88 Å². The smallest absolute Gasteiger partial charge is 0.0725 e. The molecule has 1 aromatic heterocycles. The van der Waals surface area contributed by atoms with E-state index in [1.165, 1.54) is 42.4 Å². The van der Waals surface area contributed by atoms with Gasteiger partial charge >= 0.3 is 0 Å². The molecule has 2 atom stereocenters. The van der Waals surface area contributed by atoms with E-state index in [9.17, 15) is 0 Å². The highest BCUT2D eigenvalue weighted by Crippen LogP contribution is 2.33. The number of likely N-dealkylation sites (tertiary alicyclic amines) is 1. The van der Waals surface area contributed by atoms with Crippen LogP contribution in [-0.2, 0) is 0 Å². The van der Waals surface area contributed by atoms with Crippen molar-refractivity contribution in [3.05, 3.63) is 71.9 Å². The van der Waals surface area contributed by atoms with Crippen LogP contribution in [0, 0.1) is 6.92 Å². The zero-order valence-electron chi connectivity index (χ0n) is 16.5. The van der Waals surface area contributed by atoms with E-state index in [0.717, 1.165) is 11.2 Å². The molecule has 1 N–H and O–H groups in total. The van der Waals surface area contributed by atoms with Gasteiger partial charge in [0.2, 0.25) is 0 Å². The molecule has 0 unspecified atom stereocenters. The monoisotopic (exact) mass is 417 g/mol. The fraction of sp³-hybridized carbons (Fsp3) is 0.348. The summed E-state index contributed by atoms with van der Waals surface area (Å²) in [6.45, 7) is 3.24. The highest BCUT2D eigenvalue weighted by Gasteiger charge is 2.29. The Labute approximate surface area is 180 Å². The van der Waals surface area contributed by atoms with Crippen LogP contribution in [0.15, 0.2) is 60.7 Å². The van der Waals surface area contributed by atoms with E-state index in [0.29, 0.717) is 6.04 Å². The number of piperidine rings is 1. The van der Waals surface area contributed by atoms with Crippen LogP contribution in [0.5, 0.6) is 0 Å². The molecule has 0 spiro atoms. The Balaban J connectivity index is 0.00000140. The molecule has 1 aliphatic heterocycles. The maximum atomic E-state index is 4.69. The summed E-state index contributed by atoms with van der Waals surface area (Å²) < 4.78 is 0. The molecule has 0 saturated carbocycles. The van der Waals surface area contributed by atoms with Crippen molar-refractivity contribution in [2.75, 3.05) is 18.9 Å². The molecule has 2 heterocycles. The number of rotatable bonds is 4. The number of hydrogen-bond donors (Lipinski definition) is 1. The van der Waals surface area contributed by atoms with Crippen molar-refractivity contribution in [2.45, 2.75) is 38.3 Å². The lowest BCUT2D eigenvalue weighted by Gasteiger charge is -2.39. The first-order valence-corrected chi connectivity index (χ1v) is 9.60. The van der Waals surface area contributed by atoms with Crippen molar-refractivity contribution < 1.29 is 0 Å². The summed E-state index contributed by atoms with van der Waals surface area (Å²) in [4.78, 5) is 7.21. The third-order valence-corrected chi connectivity index (χ3v) is 5.53. The second kappa shape index (κ2) is 10.1. The fourth-order valence-electron chi connectivity index (χ4n) is 4.18. The van der Waals surface area contributed by atoms with Crippen LogP contribution in [0.4, 0.5) is 5.69 Å². The van der Waals surface area contributed by atoms with Gasteiger partial charge in [-0.1, -0.05) is 55.0 Å². The number of pyridine rings is 1. The lowest BCUT2D eigenvalue weighted by Crippen LogP contribution is -2.43. The molecular formula is C23H29Cl2N3. The second-order valence-electron chi connectivity index (χ2n) is 7.40. The summed E-state index contributed by atoms with van der Waals surface area (Å²) in [5.41, 5.74) is 4.64. The molecule has 5 heteroatoms. The van der Waals surface area contributed by atoms with Crippen LogP contribution in [0.3, 0.4) is 0 Å². The fourth-order valence-corrected chi connectivity index (χ4v) is 4.18. The molecule has 3 aromatic rings. The first kappa shape index (κ1) is 22.5. The van der Waals surface area contributed by atoms with E-state index in [1.54, 1.807) is 0 Å². The molecule has 1 saturated heterocycles. The first-order chi connectivity index (χ1) is 12.7. The summed E-state index contributed by atoms with van der Waals surface area (Å²) in [5.74, 6) is 0. The number of nitrogens with one attached hydrogen (secondary N) is 1. The van der Waals surface area contributed by atoms with E-state index >= 15 is 0 Å². The molecule has 0 bridgehead atoms. The summed E-state index contributed by atoms with van der Waals surface area (Å²) in [5, 5.41) is 5.09. The topological polar surface area (TPSA) is 28.2 Å². The SMILES string of the molecule is Cc1cc(N[C@@H](c2ccccc2)[C@@H]2CCCCN2C)c2ccccc2n1.Cl.Cl. The van der Waals surface area contributed by atoms with Crippen molar-refractivity contribution in [2.24, 2.45) is 0 Å². The van der Waals surface area contributed by atoms with E-state index in [4.69, 9.17) is 4.98 Å². The highest BCUT2D eigenvalue weighted by molar-refractivity contribution is 5.91. The minimum Gasteiger partial charge on any atom is -0.376 e. The number of aryl methyl sites for hydroxylation is 1. The maximum Gasteiger partial charge on any atom is 0.0725 e. The van der Waals surface area contributed by atoms with Gasteiger partial charge in [-0.2, -0.15) is 0 Å². The molecule has 0 aliphatic carbocycles. The third-order valence-electron chi connectivity index (χ3n) is 5.53. The normalized spacial score (nSPS) is 18.0. The van der Waals surface area contributed by atoms with Gasteiger partial charge in [0, 0.05) is 22.8 Å². The van der Waals surface area contributed by atoms with Gasteiger partial charge < -0.3 is 10.2 Å². The molecule has 1 fully saturated rings. The molecule has 4 rings (SSSR count). The number of para-hydroxylation sites is 1. The summed E-state index contributed by atoms with van der Waals surface area (Å²) in [6, 6.07) is 22.2. The molecule has 28 heavy (non-hydrogen) atoms. The van der Waals surface area contributed by atoms with Gasteiger partial charge in [0.05, 0.1) is 11.6 Å². The number of fused-ring (bicyclic) bond motifs is 1. The van der Waals surface area contributed by atoms with E-state index in [2.05, 4.69) is 84.9 Å². The Morgan fingerprint density at radius 3 is 2.46 bits per heavy atom. The van der Waals surface area contributed by atoms with E-state index in [1.807, 2.05) is 0 Å². The van der Waals surface area contributed by atoms with Crippen molar-refractivity contribution in [1.29, 1.82) is 0 Å². The van der Waals surface area contributed by atoms with Crippen LogP contribution in [0.2, 0.25) is 0 Å². The van der Waals surface area contributed by atoms with Crippen molar-refractivity contribution >= 4 is 41.4 Å². The standard InChI is InChI=1S/C23H27N3.2ClH/c1-17-16-21(19-12-6-7-13-20(19)24-17)25-23(18-10-4-3-5-11-18)22-14-8-9-15-26(22)2;;/h3-7,10-13,16,22-23H,8-9,14-15H2,1-2H3,(H,24,25);2*1H/t22-,23-;;/m0../s1. The number of benzene rings is 2. The number of likely N-dealkylation sites (N-methyl/N-ethyl adjacent to an activating group) is 1.